The van der Waals surface area contributed by atoms with Crippen LogP contribution in [0.15, 0.2) is 24.3 Å². The molecule has 1 aliphatic heterocycles. The minimum absolute atomic E-state index is 0.0907. The number of phenols is 1. The van der Waals surface area contributed by atoms with Crippen LogP contribution in [0.5, 0.6) is 5.75 Å². The van der Waals surface area contributed by atoms with Gasteiger partial charge in [-0.3, -0.25) is 4.79 Å². The zero-order valence-electron chi connectivity index (χ0n) is 15.7. The highest BCUT2D eigenvalue weighted by Crippen LogP contribution is 2.23. The van der Waals surface area contributed by atoms with E-state index >= 15 is 0 Å². The van der Waals surface area contributed by atoms with Gasteiger partial charge in [-0.1, -0.05) is 12.2 Å². The second kappa shape index (κ2) is 11.3. The predicted octanol–water partition coefficient (Wildman–Crippen LogP) is 4.61. The van der Waals surface area contributed by atoms with E-state index in [1.165, 1.54) is 6.07 Å². The van der Waals surface area contributed by atoms with Crippen molar-refractivity contribution < 1.29 is 24.2 Å². The van der Waals surface area contributed by atoms with Gasteiger partial charge < -0.3 is 14.6 Å². The molecule has 5 heteroatoms. The van der Waals surface area contributed by atoms with E-state index in [0.29, 0.717) is 49.7 Å². The van der Waals surface area contributed by atoms with Crippen LogP contribution in [0, 0.1) is 0 Å². The fourth-order valence-electron chi connectivity index (χ4n) is 3.23. The minimum atomic E-state index is -0.418. The third-order valence-electron chi connectivity index (χ3n) is 4.73. The summed E-state index contributed by atoms with van der Waals surface area (Å²) in [4.78, 5) is 35.1. The largest absolute Gasteiger partial charge is 0.508 e. The van der Waals surface area contributed by atoms with Crippen LogP contribution in [0.4, 0.5) is 0 Å². The number of benzene rings is 1. The number of esters is 1. The number of aldehydes is 1. The van der Waals surface area contributed by atoms with Gasteiger partial charge in [-0.25, -0.2) is 4.79 Å². The molecule has 146 valence electrons. The molecule has 0 saturated heterocycles. The number of carbonyl (C=O) groups excluding carboxylic acids is 3. The molecule has 2 rings (SSSR count). The van der Waals surface area contributed by atoms with Crippen LogP contribution in [-0.2, 0) is 14.3 Å². The van der Waals surface area contributed by atoms with Gasteiger partial charge in [0.1, 0.15) is 23.9 Å². The molecule has 0 fully saturated rings. The molecule has 0 amide bonds. The number of unbranched alkanes of at least 4 members (excludes halogenated alkanes) is 2. The Kier molecular flexibility index (Phi) is 8.75. The predicted molar refractivity (Wildman–Crippen MR) is 104 cm³/mol. The van der Waals surface area contributed by atoms with Gasteiger partial charge in [0.15, 0.2) is 0 Å². The summed E-state index contributed by atoms with van der Waals surface area (Å²) in [5.41, 5.74) is 1.04. The van der Waals surface area contributed by atoms with Crippen LogP contribution in [0.3, 0.4) is 0 Å². The lowest BCUT2D eigenvalue weighted by Gasteiger charge is -2.19. The second-order valence-electron chi connectivity index (χ2n) is 6.98. The molecule has 27 heavy (non-hydrogen) atoms. The number of hydrogen-bond acceptors (Lipinski definition) is 5. The van der Waals surface area contributed by atoms with E-state index in [1.54, 1.807) is 18.2 Å². The van der Waals surface area contributed by atoms with Crippen molar-refractivity contribution >= 4 is 24.1 Å². The van der Waals surface area contributed by atoms with E-state index in [-0.39, 0.29) is 17.6 Å². The van der Waals surface area contributed by atoms with Gasteiger partial charge >= 0.3 is 5.97 Å². The Morgan fingerprint density at radius 3 is 2.78 bits per heavy atom. The average molecular weight is 372 g/mol. The Labute approximate surface area is 160 Å². The van der Waals surface area contributed by atoms with Crippen molar-refractivity contribution in [1.82, 2.24) is 0 Å². The first kappa shape index (κ1) is 20.9. The van der Waals surface area contributed by atoms with E-state index in [0.717, 1.165) is 32.0 Å². The maximum Gasteiger partial charge on any atom is 0.339 e. The third-order valence-corrected chi connectivity index (χ3v) is 4.73. The van der Waals surface area contributed by atoms with Crippen LogP contribution < -0.4 is 0 Å². The lowest BCUT2D eigenvalue weighted by molar-refractivity contribution is -0.119. The molecule has 0 bridgehead atoms. The first-order chi connectivity index (χ1) is 13.1. The molecule has 0 aromatic heterocycles. The van der Waals surface area contributed by atoms with Crippen molar-refractivity contribution in [3.05, 3.63) is 35.4 Å². The maximum atomic E-state index is 12.7. The number of ketones is 1. The van der Waals surface area contributed by atoms with E-state index in [9.17, 15) is 19.5 Å². The maximum absolute atomic E-state index is 12.7. The highest BCUT2D eigenvalue weighted by atomic mass is 16.5. The highest BCUT2D eigenvalue weighted by Gasteiger charge is 2.19. The Bertz CT molecular complexity index is 677. The Hall–Kier alpha value is -2.43. The van der Waals surface area contributed by atoms with Crippen molar-refractivity contribution in [2.24, 2.45) is 0 Å². The van der Waals surface area contributed by atoms with Gasteiger partial charge in [-0.2, -0.15) is 0 Å². The summed E-state index contributed by atoms with van der Waals surface area (Å²) in [5, 5.41) is 9.74. The van der Waals surface area contributed by atoms with Gasteiger partial charge in [0, 0.05) is 19.3 Å². The highest BCUT2D eigenvalue weighted by molar-refractivity contribution is 5.94. The van der Waals surface area contributed by atoms with Gasteiger partial charge in [0.05, 0.1) is 5.56 Å². The van der Waals surface area contributed by atoms with Gasteiger partial charge in [0.25, 0.3) is 0 Å². The summed E-state index contributed by atoms with van der Waals surface area (Å²) in [6.07, 6.45) is 11.0. The molecule has 1 aliphatic rings. The topological polar surface area (TPSA) is 80.7 Å². The average Bonchev–Trinajstić information content (AvgIpc) is 2.64. The zero-order valence-corrected chi connectivity index (χ0v) is 15.7. The van der Waals surface area contributed by atoms with Gasteiger partial charge in [0.2, 0.25) is 0 Å². The molecular formula is C22H28O5. The fraction of sp³-hybridized carbons (Fsp3) is 0.500. The number of rotatable bonds is 5. The molecule has 1 heterocycles. The van der Waals surface area contributed by atoms with Crippen LogP contribution in [0.1, 0.15) is 80.1 Å². The molecular weight excluding hydrogens is 344 g/mol. The van der Waals surface area contributed by atoms with E-state index in [2.05, 4.69) is 0 Å². The zero-order chi connectivity index (χ0) is 19.5. The van der Waals surface area contributed by atoms with Crippen molar-refractivity contribution in [3.8, 4) is 5.75 Å². The fourth-order valence-corrected chi connectivity index (χ4v) is 3.23. The Morgan fingerprint density at radius 1 is 1.15 bits per heavy atom. The SMILES string of the molecule is O=CCCCCC1CCCC(=O)CCC/C=C/c2cc(O)ccc2C(=O)O1. The first-order valence-corrected chi connectivity index (χ1v) is 9.76. The Morgan fingerprint density at radius 2 is 1.96 bits per heavy atom. The first-order valence-electron chi connectivity index (χ1n) is 9.76. The molecule has 0 radical (unpaired) electrons. The molecule has 1 aromatic rings. The van der Waals surface area contributed by atoms with E-state index in [4.69, 9.17) is 4.74 Å². The lowest BCUT2D eigenvalue weighted by atomic mass is 10.0. The van der Waals surface area contributed by atoms with Gasteiger partial charge in [-0.15, -0.1) is 0 Å². The number of allylic oxidation sites excluding steroid dienone is 1. The number of carbonyl (C=O) groups is 3. The summed E-state index contributed by atoms with van der Waals surface area (Å²) in [6, 6.07) is 4.61. The number of hydrogen-bond donors (Lipinski definition) is 1. The van der Waals surface area contributed by atoms with Crippen molar-refractivity contribution in [1.29, 1.82) is 0 Å². The van der Waals surface area contributed by atoms with Crippen molar-refractivity contribution in [2.45, 2.75) is 70.3 Å². The number of aromatic hydroxyl groups is 1. The summed E-state index contributed by atoms with van der Waals surface area (Å²) in [5.74, 6) is -0.0872. The summed E-state index contributed by atoms with van der Waals surface area (Å²) < 4.78 is 5.72. The number of phenolic OH excluding ortho intramolecular Hbond substituents is 1. The second-order valence-corrected chi connectivity index (χ2v) is 6.98. The summed E-state index contributed by atoms with van der Waals surface area (Å²) in [6.45, 7) is 0. The normalized spacial score (nSPS) is 20.2. The molecule has 1 unspecified atom stereocenters. The molecule has 5 nitrogen and oxygen atoms in total. The number of Topliss-reactive ketones (excluding diaryl/α,β-unsaturated/α-hetero) is 1. The molecule has 0 saturated carbocycles. The quantitative estimate of drug-likeness (QED) is 0.464. The van der Waals surface area contributed by atoms with Gasteiger partial charge in [-0.05, 0) is 68.7 Å². The van der Waals surface area contributed by atoms with E-state index < -0.39 is 5.97 Å². The van der Waals surface area contributed by atoms with Crippen LogP contribution in [-0.4, -0.2) is 29.2 Å². The molecule has 1 aromatic carbocycles. The standard InChI is InChI=1S/C22H28O5/c23-15-6-2-5-11-20-12-7-10-18(24)9-4-1-3-8-17-16-19(25)13-14-21(17)22(26)27-20/h3,8,13-16,20,25H,1-2,4-7,9-12H2/b8-3+. The van der Waals surface area contributed by atoms with Crippen molar-refractivity contribution in [3.63, 3.8) is 0 Å². The minimum Gasteiger partial charge on any atom is -0.508 e. The van der Waals surface area contributed by atoms with Crippen LogP contribution >= 0.6 is 0 Å². The summed E-state index contributed by atoms with van der Waals surface area (Å²) in [7, 11) is 0. The number of cyclic esters (lactones) is 1. The molecule has 1 atom stereocenters. The van der Waals surface area contributed by atoms with Crippen LogP contribution in [0.2, 0.25) is 0 Å². The monoisotopic (exact) mass is 372 g/mol. The van der Waals surface area contributed by atoms with Crippen LogP contribution in [0.25, 0.3) is 6.08 Å². The smallest absolute Gasteiger partial charge is 0.339 e. The van der Waals surface area contributed by atoms with Crippen molar-refractivity contribution in [2.75, 3.05) is 0 Å². The molecule has 0 spiro atoms. The number of fused-ring (bicyclic) bond motifs is 1. The Balaban J connectivity index is 2.16. The number of ether oxygens (including phenoxy) is 1. The third kappa shape index (κ3) is 7.37. The summed E-state index contributed by atoms with van der Waals surface area (Å²) >= 11 is 0. The van der Waals surface area contributed by atoms with E-state index in [1.807, 2.05) is 6.08 Å². The molecule has 0 aliphatic carbocycles. The lowest BCUT2D eigenvalue weighted by Crippen LogP contribution is -2.19. The molecule has 1 N–H and O–H groups in total.